The zero-order chi connectivity index (χ0) is 16.7. The average molecular weight is 341 g/mol. The Hall–Kier alpha value is -2.17. The predicted molar refractivity (Wildman–Crippen MR) is 64.9 cm³/mol. The van der Waals surface area contributed by atoms with E-state index in [0.29, 0.717) is 6.54 Å². The Labute approximate surface area is 121 Å². The van der Waals surface area contributed by atoms with Crippen molar-refractivity contribution >= 4 is 15.7 Å². The Bertz CT molecular complexity index is 805. The van der Waals surface area contributed by atoms with Crippen LogP contribution in [0.4, 0.5) is 27.6 Å². The first-order valence-corrected chi connectivity index (χ1v) is 7.24. The van der Waals surface area contributed by atoms with Crippen molar-refractivity contribution in [1.29, 1.82) is 0 Å². The zero-order valence-corrected chi connectivity index (χ0v) is 11.7. The van der Waals surface area contributed by atoms with Crippen molar-refractivity contribution in [2.24, 2.45) is 0 Å². The van der Waals surface area contributed by atoms with Crippen LogP contribution >= 0.6 is 0 Å². The van der Waals surface area contributed by atoms with Crippen molar-refractivity contribution in [2.45, 2.75) is 18.4 Å². The number of nitrogens with one attached hydrogen (secondary N) is 1. The maximum Gasteiger partial charge on any atom is 0.265 e. The van der Waals surface area contributed by atoms with E-state index in [1.165, 1.54) is 9.40 Å². The van der Waals surface area contributed by atoms with Crippen molar-refractivity contribution in [3.05, 3.63) is 41.5 Å². The molecule has 0 atom stereocenters. The molecule has 0 aliphatic rings. The molecule has 2 aromatic rings. The molecule has 120 valence electrons. The minimum absolute atomic E-state index is 0.318. The molecular formula is C11H8F5N3O2S. The van der Waals surface area contributed by atoms with Crippen LogP contribution in [0.2, 0.25) is 0 Å². The maximum atomic E-state index is 13.5. The molecule has 0 spiro atoms. The number of rotatable bonds is 4. The second-order valence-corrected chi connectivity index (χ2v) is 5.76. The summed E-state index contributed by atoms with van der Waals surface area (Å²) in [4.78, 5) is -0.488. The van der Waals surface area contributed by atoms with Crippen molar-refractivity contribution in [3.8, 4) is 0 Å². The van der Waals surface area contributed by atoms with E-state index in [1.54, 1.807) is 6.92 Å². The topological polar surface area (TPSA) is 64.0 Å². The van der Waals surface area contributed by atoms with Crippen LogP contribution in [0, 0.1) is 29.1 Å². The SMILES string of the molecule is CCn1cc(S(=O)(=O)Nc2c(F)c(F)c(F)c(F)c2F)cn1. The number of hydrogen-bond acceptors (Lipinski definition) is 3. The number of benzene rings is 1. The van der Waals surface area contributed by atoms with Crippen molar-refractivity contribution < 1.29 is 30.4 Å². The molecule has 1 heterocycles. The van der Waals surface area contributed by atoms with Crippen LogP contribution in [0.25, 0.3) is 0 Å². The third-order valence-electron chi connectivity index (χ3n) is 2.69. The molecule has 0 fully saturated rings. The fourth-order valence-corrected chi connectivity index (χ4v) is 2.56. The van der Waals surface area contributed by atoms with E-state index < -0.39 is 49.7 Å². The highest BCUT2D eigenvalue weighted by Crippen LogP contribution is 2.28. The Morgan fingerprint density at radius 1 is 1.05 bits per heavy atom. The van der Waals surface area contributed by atoms with E-state index in [9.17, 15) is 30.4 Å². The summed E-state index contributed by atoms with van der Waals surface area (Å²) in [6, 6.07) is 0. The van der Waals surface area contributed by atoms with Gasteiger partial charge in [0.2, 0.25) is 5.82 Å². The van der Waals surface area contributed by atoms with Gasteiger partial charge in [-0.2, -0.15) is 5.10 Å². The highest BCUT2D eigenvalue weighted by Gasteiger charge is 2.29. The fourth-order valence-electron chi connectivity index (χ4n) is 1.54. The molecule has 11 heteroatoms. The molecule has 0 saturated carbocycles. The number of halogens is 5. The smallest absolute Gasteiger partial charge is 0.265 e. The molecule has 1 aromatic carbocycles. The monoisotopic (exact) mass is 341 g/mol. The largest absolute Gasteiger partial charge is 0.274 e. The number of aryl methyl sites for hydroxylation is 1. The van der Waals surface area contributed by atoms with Crippen molar-refractivity contribution in [2.75, 3.05) is 4.72 Å². The number of aromatic nitrogens is 2. The lowest BCUT2D eigenvalue weighted by molar-refractivity contribution is 0.382. The average Bonchev–Trinajstić information content (AvgIpc) is 2.97. The zero-order valence-electron chi connectivity index (χ0n) is 10.9. The minimum atomic E-state index is -4.56. The molecule has 0 aliphatic heterocycles. The van der Waals surface area contributed by atoms with Gasteiger partial charge in [-0.3, -0.25) is 9.40 Å². The second kappa shape index (κ2) is 5.55. The minimum Gasteiger partial charge on any atom is -0.274 e. The maximum absolute atomic E-state index is 13.5. The summed E-state index contributed by atoms with van der Waals surface area (Å²) in [6.07, 6.45) is 1.91. The van der Waals surface area contributed by atoms with Gasteiger partial charge in [-0.25, -0.2) is 30.4 Å². The van der Waals surface area contributed by atoms with Gasteiger partial charge in [0.05, 0.1) is 6.20 Å². The van der Waals surface area contributed by atoms with E-state index in [2.05, 4.69) is 5.10 Å². The number of anilines is 1. The quantitative estimate of drug-likeness (QED) is 0.528. The normalized spacial score (nSPS) is 11.7. The predicted octanol–water partition coefficient (Wildman–Crippen LogP) is 2.40. The van der Waals surface area contributed by atoms with E-state index in [0.717, 1.165) is 12.4 Å². The van der Waals surface area contributed by atoms with Gasteiger partial charge >= 0.3 is 0 Å². The number of hydrogen-bond donors (Lipinski definition) is 1. The van der Waals surface area contributed by atoms with E-state index >= 15 is 0 Å². The lowest BCUT2D eigenvalue weighted by Gasteiger charge is -2.10. The first-order chi connectivity index (χ1) is 10.2. The van der Waals surface area contributed by atoms with E-state index in [-0.39, 0.29) is 0 Å². The molecule has 0 saturated heterocycles. The van der Waals surface area contributed by atoms with Gasteiger partial charge in [0.15, 0.2) is 23.3 Å². The van der Waals surface area contributed by atoms with Crippen LogP contribution in [0.5, 0.6) is 0 Å². The molecule has 0 bridgehead atoms. The lowest BCUT2D eigenvalue weighted by Crippen LogP contribution is -2.17. The van der Waals surface area contributed by atoms with Crippen LogP contribution < -0.4 is 4.72 Å². The Morgan fingerprint density at radius 3 is 2.00 bits per heavy atom. The molecule has 22 heavy (non-hydrogen) atoms. The van der Waals surface area contributed by atoms with Gasteiger partial charge in [-0.15, -0.1) is 0 Å². The molecule has 2 rings (SSSR count). The summed E-state index contributed by atoms with van der Waals surface area (Å²) in [5.74, 6) is -11.4. The molecule has 0 unspecified atom stereocenters. The van der Waals surface area contributed by atoms with Gasteiger partial charge in [0, 0.05) is 12.7 Å². The highest BCUT2D eigenvalue weighted by molar-refractivity contribution is 7.92. The summed E-state index contributed by atoms with van der Waals surface area (Å²) >= 11 is 0. The molecule has 1 aromatic heterocycles. The van der Waals surface area contributed by atoms with Crippen LogP contribution in [0.3, 0.4) is 0 Å². The van der Waals surface area contributed by atoms with Gasteiger partial charge < -0.3 is 0 Å². The van der Waals surface area contributed by atoms with Crippen molar-refractivity contribution in [3.63, 3.8) is 0 Å². The standard InChI is InChI=1S/C11H8F5N3O2S/c1-2-19-4-5(3-17-19)22(20,21)18-11-9(15)7(13)6(12)8(14)10(11)16/h3-4,18H,2H2,1H3. The van der Waals surface area contributed by atoms with Crippen LogP contribution in [0.15, 0.2) is 17.3 Å². The summed E-state index contributed by atoms with van der Waals surface area (Å²) in [5.41, 5.74) is -1.65. The fraction of sp³-hybridized carbons (Fsp3) is 0.182. The summed E-state index contributed by atoms with van der Waals surface area (Å²) in [7, 11) is -4.56. The third kappa shape index (κ3) is 2.63. The van der Waals surface area contributed by atoms with Crippen LogP contribution in [-0.4, -0.2) is 18.2 Å². The first kappa shape index (κ1) is 16.2. The van der Waals surface area contributed by atoms with Crippen LogP contribution in [-0.2, 0) is 16.6 Å². The molecule has 0 aliphatic carbocycles. The Morgan fingerprint density at radius 2 is 1.55 bits per heavy atom. The molecule has 0 radical (unpaired) electrons. The Kier molecular flexibility index (Phi) is 4.09. The number of nitrogens with zero attached hydrogens (tertiary/aromatic N) is 2. The third-order valence-corrected chi connectivity index (χ3v) is 3.99. The van der Waals surface area contributed by atoms with Gasteiger partial charge in [0.1, 0.15) is 10.6 Å². The van der Waals surface area contributed by atoms with Crippen molar-refractivity contribution in [1.82, 2.24) is 9.78 Å². The van der Waals surface area contributed by atoms with Gasteiger partial charge in [-0.05, 0) is 6.92 Å². The lowest BCUT2D eigenvalue weighted by atomic mass is 10.2. The highest BCUT2D eigenvalue weighted by atomic mass is 32.2. The number of sulfonamides is 1. The van der Waals surface area contributed by atoms with E-state index in [1.807, 2.05) is 0 Å². The van der Waals surface area contributed by atoms with Gasteiger partial charge in [-0.1, -0.05) is 0 Å². The summed E-state index contributed by atoms with van der Waals surface area (Å²) in [6.45, 7) is 1.97. The molecule has 0 amide bonds. The molecular weight excluding hydrogens is 333 g/mol. The molecule has 1 N–H and O–H groups in total. The second-order valence-electron chi connectivity index (χ2n) is 4.08. The first-order valence-electron chi connectivity index (χ1n) is 5.75. The summed E-state index contributed by atoms with van der Waals surface area (Å²) < 4.78 is 92.2. The van der Waals surface area contributed by atoms with Gasteiger partial charge in [0.25, 0.3) is 10.0 Å². The van der Waals surface area contributed by atoms with E-state index in [4.69, 9.17) is 0 Å². The molecule has 5 nitrogen and oxygen atoms in total. The Balaban J connectivity index is 2.51. The van der Waals surface area contributed by atoms with Crippen LogP contribution in [0.1, 0.15) is 6.92 Å². The summed E-state index contributed by atoms with van der Waals surface area (Å²) in [5, 5.41) is 3.64.